The fourth-order valence-corrected chi connectivity index (χ4v) is 3.17. The number of halogens is 2. The van der Waals surface area contributed by atoms with Crippen molar-refractivity contribution in [2.75, 3.05) is 31.3 Å². The van der Waals surface area contributed by atoms with E-state index in [-0.39, 0.29) is 23.6 Å². The summed E-state index contributed by atoms with van der Waals surface area (Å²) in [5.41, 5.74) is 7.58. The Hall–Kier alpha value is -3.96. The van der Waals surface area contributed by atoms with Crippen LogP contribution in [0.25, 0.3) is 11.3 Å². The lowest BCUT2D eigenvalue weighted by atomic mass is 10.0. The Morgan fingerprint density at radius 1 is 1.18 bits per heavy atom. The van der Waals surface area contributed by atoms with Crippen LogP contribution in [0.1, 0.15) is 27.7 Å². The van der Waals surface area contributed by atoms with Gasteiger partial charge >= 0.3 is 0 Å². The second-order valence-corrected chi connectivity index (χ2v) is 7.36. The van der Waals surface area contributed by atoms with E-state index in [4.69, 9.17) is 10.5 Å². The molecular formula is C23H23F2N5O4. The number of rotatable bonds is 8. The Labute approximate surface area is 194 Å². The first kappa shape index (κ1) is 24.7. The molecule has 1 heterocycles. The number of aliphatic hydroxyl groups is 1. The Kier molecular flexibility index (Phi) is 7.82. The molecule has 1 atom stereocenters. The fraction of sp³-hybridized carbons (Fsp3) is 0.217. The molecule has 0 saturated carbocycles. The van der Waals surface area contributed by atoms with E-state index in [2.05, 4.69) is 20.6 Å². The van der Waals surface area contributed by atoms with Crippen molar-refractivity contribution in [3.63, 3.8) is 0 Å². The summed E-state index contributed by atoms with van der Waals surface area (Å²) in [6, 6.07) is 7.21. The molecule has 0 saturated heterocycles. The monoisotopic (exact) mass is 471 g/mol. The van der Waals surface area contributed by atoms with Crippen LogP contribution in [0.15, 0.2) is 42.6 Å². The first-order valence-electron chi connectivity index (χ1n) is 10.1. The average molecular weight is 471 g/mol. The SMILES string of the molecule is COCCNC(=O)c1nc(-c2ccc(NC(=O)[C@@H](O)c3cc(F)cc(F)c3)cc2C)cnc1N. The number of nitrogens with one attached hydrogen (secondary N) is 2. The van der Waals surface area contributed by atoms with Crippen molar-refractivity contribution in [1.29, 1.82) is 0 Å². The number of methoxy groups -OCH3 is 1. The van der Waals surface area contributed by atoms with Gasteiger partial charge in [0.25, 0.3) is 11.8 Å². The zero-order valence-corrected chi connectivity index (χ0v) is 18.4. The molecule has 0 aliphatic rings. The van der Waals surface area contributed by atoms with Crippen LogP contribution < -0.4 is 16.4 Å². The lowest BCUT2D eigenvalue weighted by Gasteiger charge is -2.14. The summed E-state index contributed by atoms with van der Waals surface area (Å²) < 4.78 is 31.7. The second-order valence-electron chi connectivity index (χ2n) is 7.36. The van der Waals surface area contributed by atoms with E-state index < -0.39 is 29.6 Å². The number of carbonyl (C=O) groups is 2. The third-order valence-corrected chi connectivity index (χ3v) is 4.83. The Balaban J connectivity index is 1.78. The maximum absolute atomic E-state index is 13.4. The van der Waals surface area contributed by atoms with E-state index in [1.165, 1.54) is 13.3 Å². The summed E-state index contributed by atoms with van der Waals surface area (Å²) >= 11 is 0. The molecule has 0 spiro atoms. The predicted molar refractivity (Wildman–Crippen MR) is 121 cm³/mol. The van der Waals surface area contributed by atoms with Crippen LogP contribution in [0.5, 0.6) is 0 Å². The Bertz CT molecular complexity index is 1200. The molecule has 0 radical (unpaired) electrons. The van der Waals surface area contributed by atoms with Crippen LogP contribution in [0.2, 0.25) is 0 Å². The maximum atomic E-state index is 13.4. The molecule has 34 heavy (non-hydrogen) atoms. The van der Waals surface area contributed by atoms with Gasteiger partial charge in [-0.1, -0.05) is 6.07 Å². The number of aromatic nitrogens is 2. The number of aryl methyl sites for hydroxylation is 1. The lowest BCUT2D eigenvalue weighted by molar-refractivity contribution is -0.124. The minimum absolute atomic E-state index is 0.0250. The Morgan fingerprint density at radius 2 is 1.88 bits per heavy atom. The maximum Gasteiger partial charge on any atom is 0.273 e. The van der Waals surface area contributed by atoms with Gasteiger partial charge in [0.1, 0.15) is 11.6 Å². The van der Waals surface area contributed by atoms with Crippen molar-refractivity contribution < 1.29 is 28.2 Å². The summed E-state index contributed by atoms with van der Waals surface area (Å²) in [5, 5.41) is 15.3. The summed E-state index contributed by atoms with van der Waals surface area (Å²) in [7, 11) is 1.51. The first-order valence-corrected chi connectivity index (χ1v) is 10.1. The van der Waals surface area contributed by atoms with E-state index in [1.807, 2.05) is 0 Å². The van der Waals surface area contributed by atoms with Crippen molar-refractivity contribution in [2.24, 2.45) is 0 Å². The number of ether oxygens (including phenoxy) is 1. The summed E-state index contributed by atoms with van der Waals surface area (Å²) in [4.78, 5) is 33.1. The normalized spacial score (nSPS) is 11.7. The number of nitrogens with zero attached hydrogens (tertiary/aromatic N) is 2. The van der Waals surface area contributed by atoms with Crippen molar-refractivity contribution in [1.82, 2.24) is 15.3 Å². The van der Waals surface area contributed by atoms with Gasteiger partial charge in [0.05, 0.1) is 18.5 Å². The smallest absolute Gasteiger partial charge is 0.273 e. The topological polar surface area (TPSA) is 139 Å². The lowest BCUT2D eigenvalue weighted by Crippen LogP contribution is -2.29. The molecular weight excluding hydrogens is 448 g/mol. The van der Waals surface area contributed by atoms with Crippen LogP contribution in [0.4, 0.5) is 20.3 Å². The summed E-state index contributed by atoms with van der Waals surface area (Å²) in [6.07, 6.45) is -0.350. The molecule has 2 amide bonds. The third-order valence-electron chi connectivity index (χ3n) is 4.83. The first-order chi connectivity index (χ1) is 16.2. The second kappa shape index (κ2) is 10.8. The quantitative estimate of drug-likeness (QED) is 0.370. The molecule has 11 heteroatoms. The highest BCUT2D eigenvalue weighted by Gasteiger charge is 2.20. The molecule has 178 valence electrons. The van der Waals surface area contributed by atoms with Gasteiger partial charge < -0.3 is 26.2 Å². The van der Waals surface area contributed by atoms with Crippen molar-refractivity contribution >= 4 is 23.3 Å². The molecule has 0 aliphatic heterocycles. The zero-order chi connectivity index (χ0) is 24.8. The average Bonchev–Trinajstić information content (AvgIpc) is 2.78. The summed E-state index contributed by atoms with van der Waals surface area (Å²) in [5.74, 6) is -3.19. The summed E-state index contributed by atoms with van der Waals surface area (Å²) in [6.45, 7) is 2.36. The number of anilines is 2. The highest BCUT2D eigenvalue weighted by atomic mass is 19.1. The van der Waals surface area contributed by atoms with E-state index in [0.717, 1.165) is 12.1 Å². The van der Waals surface area contributed by atoms with Gasteiger partial charge in [-0.15, -0.1) is 0 Å². The zero-order valence-electron chi connectivity index (χ0n) is 18.4. The van der Waals surface area contributed by atoms with Crippen molar-refractivity contribution in [2.45, 2.75) is 13.0 Å². The number of amides is 2. The van der Waals surface area contributed by atoms with E-state index >= 15 is 0 Å². The van der Waals surface area contributed by atoms with Gasteiger partial charge in [-0.05, 0) is 42.3 Å². The molecule has 2 aromatic carbocycles. The number of hydrogen-bond acceptors (Lipinski definition) is 7. The number of hydrogen-bond donors (Lipinski definition) is 4. The molecule has 0 bridgehead atoms. The van der Waals surface area contributed by atoms with Crippen LogP contribution in [0.3, 0.4) is 0 Å². The molecule has 0 aliphatic carbocycles. The Morgan fingerprint density at radius 3 is 2.53 bits per heavy atom. The number of aliphatic hydroxyl groups excluding tert-OH is 1. The molecule has 3 rings (SSSR count). The van der Waals surface area contributed by atoms with Gasteiger partial charge in [-0.2, -0.15) is 0 Å². The van der Waals surface area contributed by atoms with Crippen LogP contribution in [-0.2, 0) is 9.53 Å². The van der Waals surface area contributed by atoms with Gasteiger partial charge in [0.2, 0.25) is 0 Å². The van der Waals surface area contributed by atoms with Crippen molar-refractivity contribution in [3.05, 3.63) is 71.1 Å². The van der Waals surface area contributed by atoms with Crippen LogP contribution >= 0.6 is 0 Å². The minimum atomic E-state index is -1.77. The van der Waals surface area contributed by atoms with E-state index in [1.54, 1.807) is 25.1 Å². The number of benzene rings is 2. The minimum Gasteiger partial charge on any atom is -0.383 e. The van der Waals surface area contributed by atoms with Crippen LogP contribution in [-0.4, -0.2) is 47.2 Å². The molecule has 0 unspecified atom stereocenters. The van der Waals surface area contributed by atoms with Gasteiger partial charge in [-0.3, -0.25) is 9.59 Å². The number of carbonyl (C=O) groups excluding carboxylic acids is 2. The fourth-order valence-electron chi connectivity index (χ4n) is 3.17. The highest BCUT2D eigenvalue weighted by Crippen LogP contribution is 2.26. The van der Waals surface area contributed by atoms with E-state index in [9.17, 15) is 23.5 Å². The molecule has 1 aromatic heterocycles. The standard InChI is InChI=1S/C23H23F2N5O4/c1-12-7-16(29-23(33)20(31)13-8-14(24)10-15(25)9-13)3-4-17(12)18-11-28-21(26)19(30-18)22(32)27-5-6-34-2/h3-4,7-11,20,31H,5-6H2,1-2H3,(H2,26,28)(H,27,32)(H,29,33)/t20-/m0/s1. The molecule has 5 N–H and O–H groups in total. The molecule has 0 fully saturated rings. The van der Waals surface area contributed by atoms with Crippen molar-refractivity contribution in [3.8, 4) is 11.3 Å². The van der Waals surface area contributed by atoms with Gasteiger partial charge in [0, 0.05) is 31.0 Å². The van der Waals surface area contributed by atoms with Gasteiger partial charge in [0.15, 0.2) is 17.6 Å². The third kappa shape index (κ3) is 5.88. The van der Waals surface area contributed by atoms with Gasteiger partial charge in [-0.25, -0.2) is 18.7 Å². The largest absolute Gasteiger partial charge is 0.383 e. The van der Waals surface area contributed by atoms with Crippen LogP contribution in [0, 0.1) is 18.6 Å². The molecule has 3 aromatic rings. The predicted octanol–water partition coefficient (Wildman–Crippen LogP) is 2.36. The number of nitrogens with two attached hydrogens (primary N) is 1. The number of nitrogen functional groups attached to an aromatic ring is 1. The van der Waals surface area contributed by atoms with E-state index in [0.29, 0.717) is 35.2 Å². The molecule has 9 nitrogen and oxygen atoms in total. The highest BCUT2D eigenvalue weighted by molar-refractivity contribution is 5.97.